The second-order valence-electron chi connectivity index (χ2n) is 6.11. The van der Waals surface area contributed by atoms with E-state index in [0.29, 0.717) is 17.8 Å². The molecule has 0 saturated carbocycles. The summed E-state index contributed by atoms with van der Waals surface area (Å²) >= 11 is 0. The number of anilines is 2. The largest absolute Gasteiger partial charge is 0.345 e. The number of quaternary nitrogens is 1. The molecule has 1 aromatic carbocycles. The summed E-state index contributed by atoms with van der Waals surface area (Å²) in [6, 6.07) is 10.7. The van der Waals surface area contributed by atoms with Crippen LogP contribution in [0.4, 0.5) is 15.9 Å². The Morgan fingerprint density at radius 2 is 2.08 bits per heavy atom. The fraction of sp³-hybridized carbons (Fsp3) is 0.333. The molecule has 0 bridgehead atoms. The average Bonchev–Trinajstić information content (AvgIpc) is 2.59. The van der Waals surface area contributed by atoms with E-state index in [0.717, 1.165) is 32.0 Å². The van der Waals surface area contributed by atoms with Gasteiger partial charge in [0, 0.05) is 11.9 Å². The van der Waals surface area contributed by atoms with Gasteiger partial charge in [0.1, 0.15) is 11.6 Å². The maximum absolute atomic E-state index is 13.5. The number of halogens is 1. The normalized spacial score (nSPS) is 15.3. The molecule has 24 heavy (non-hydrogen) atoms. The van der Waals surface area contributed by atoms with Gasteiger partial charge in [-0.15, -0.1) is 0 Å². The Kier molecular flexibility index (Phi) is 5.05. The monoisotopic (exact) mass is 329 g/mol. The highest BCUT2D eigenvalue weighted by molar-refractivity contribution is 5.91. The van der Waals surface area contributed by atoms with Crippen LogP contribution in [0.5, 0.6) is 0 Å². The van der Waals surface area contributed by atoms with Crippen LogP contribution in [0.1, 0.15) is 5.56 Å². The summed E-state index contributed by atoms with van der Waals surface area (Å²) in [5, 5.41) is 2.77. The van der Waals surface area contributed by atoms with Crippen molar-refractivity contribution in [3.05, 3.63) is 54.0 Å². The van der Waals surface area contributed by atoms with E-state index in [4.69, 9.17) is 0 Å². The van der Waals surface area contributed by atoms with Gasteiger partial charge in [-0.2, -0.15) is 0 Å². The SMILES string of the molecule is Cc1ccc(NC(=O)C[NH+]2CCN(c3ccccn3)CC2)cc1F. The van der Waals surface area contributed by atoms with Gasteiger partial charge in [-0.05, 0) is 36.8 Å². The summed E-state index contributed by atoms with van der Waals surface area (Å²) in [5.74, 6) is 0.597. The van der Waals surface area contributed by atoms with E-state index in [1.807, 2.05) is 18.2 Å². The van der Waals surface area contributed by atoms with E-state index >= 15 is 0 Å². The van der Waals surface area contributed by atoms with Gasteiger partial charge in [0.2, 0.25) is 0 Å². The summed E-state index contributed by atoms with van der Waals surface area (Å²) < 4.78 is 13.5. The minimum Gasteiger partial charge on any atom is -0.345 e. The van der Waals surface area contributed by atoms with Gasteiger partial charge in [0.15, 0.2) is 6.54 Å². The fourth-order valence-electron chi connectivity index (χ4n) is 2.87. The number of rotatable bonds is 4. The van der Waals surface area contributed by atoms with Crippen molar-refractivity contribution in [1.82, 2.24) is 4.98 Å². The molecule has 0 atom stereocenters. The van der Waals surface area contributed by atoms with Crippen molar-refractivity contribution in [2.75, 3.05) is 42.9 Å². The van der Waals surface area contributed by atoms with E-state index in [1.54, 1.807) is 25.3 Å². The quantitative estimate of drug-likeness (QED) is 0.875. The third-order valence-electron chi connectivity index (χ3n) is 4.31. The van der Waals surface area contributed by atoms with Gasteiger partial charge in [0.25, 0.3) is 5.91 Å². The Bertz CT molecular complexity index is 699. The van der Waals surface area contributed by atoms with Crippen molar-refractivity contribution < 1.29 is 14.1 Å². The number of nitrogens with one attached hydrogen (secondary N) is 2. The Labute approximate surface area is 141 Å². The summed E-state index contributed by atoms with van der Waals surface area (Å²) in [5.41, 5.74) is 1.08. The molecule has 126 valence electrons. The van der Waals surface area contributed by atoms with E-state index < -0.39 is 0 Å². The molecular weight excluding hydrogens is 307 g/mol. The zero-order chi connectivity index (χ0) is 16.9. The zero-order valence-electron chi connectivity index (χ0n) is 13.8. The molecule has 1 aromatic heterocycles. The first kappa shape index (κ1) is 16.4. The second-order valence-corrected chi connectivity index (χ2v) is 6.11. The lowest BCUT2D eigenvalue weighted by atomic mass is 10.2. The number of carbonyl (C=O) groups is 1. The van der Waals surface area contributed by atoms with Crippen LogP contribution in [0.25, 0.3) is 0 Å². The van der Waals surface area contributed by atoms with Crippen LogP contribution < -0.4 is 15.1 Å². The number of carbonyl (C=O) groups excluding carboxylic acids is 1. The van der Waals surface area contributed by atoms with Crippen molar-refractivity contribution in [2.45, 2.75) is 6.92 Å². The highest BCUT2D eigenvalue weighted by Crippen LogP contribution is 2.13. The lowest BCUT2D eigenvalue weighted by Gasteiger charge is -2.32. The summed E-state index contributed by atoms with van der Waals surface area (Å²) in [7, 11) is 0. The summed E-state index contributed by atoms with van der Waals surface area (Å²) in [6.45, 7) is 5.60. The van der Waals surface area contributed by atoms with Crippen LogP contribution in [0.2, 0.25) is 0 Å². The molecule has 1 aliphatic heterocycles. The maximum Gasteiger partial charge on any atom is 0.279 e. The molecule has 0 radical (unpaired) electrons. The highest BCUT2D eigenvalue weighted by atomic mass is 19.1. The molecule has 3 rings (SSSR count). The number of aryl methyl sites for hydroxylation is 1. The predicted octanol–water partition coefficient (Wildman–Crippen LogP) is 0.873. The highest BCUT2D eigenvalue weighted by Gasteiger charge is 2.22. The molecule has 0 unspecified atom stereocenters. The number of benzene rings is 1. The minimum absolute atomic E-state index is 0.0838. The van der Waals surface area contributed by atoms with Crippen molar-refractivity contribution in [3.8, 4) is 0 Å². The molecule has 1 fully saturated rings. The summed E-state index contributed by atoms with van der Waals surface area (Å²) in [4.78, 5) is 20.0. The molecule has 2 heterocycles. The molecule has 2 N–H and O–H groups in total. The number of aromatic nitrogens is 1. The van der Waals surface area contributed by atoms with E-state index in [9.17, 15) is 9.18 Å². The average molecular weight is 329 g/mol. The van der Waals surface area contributed by atoms with Crippen LogP contribution in [0.3, 0.4) is 0 Å². The topological polar surface area (TPSA) is 49.7 Å². The first-order valence-electron chi connectivity index (χ1n) is 8.17. The number of nitrogens with zero attached hydrogens (tertiary/aromatic N) is 2. The molecule has 1 aliphatic rings. The molecule has 0 spiro atoms. The molecule has 6 heteroatoms. The number of pyridine rings is 1. The Hall–Kier alpha value is -2.47. The Morgan fingerprint density at radius 1 is 1.29 bits per heavy atom. The van der Waals surface area contributed by atoms with Crippen molar-refractivity contribution in [2.24, 2.45) is 0 Å². The van der Waals surface area contributed by atoms with Crippen LogP contribution in [0, 0.1) is 12.7 Å². The smallest absolute Gasteiger partial charge is 0.279 e. The molecule has 1 saturated heterocycles. The van der Waals surface area contributed by atoms with Gasteiger partial charge in [-0.3, -0.25) is 4.79 Å². The number of piperazine rings is 1. The van der Waals surface area contributed by atoms with Crippen LogP contribution in [-0.2, 0) is 4.79 Å². The Morgan fingerprint density at radius 3 is 2.75 bits per heavy atom. The third-order valence-corrected chi connectivity index (χ3v) is 4.31. The van der Waals surface area contributed by atoms with Crippen molar-refractivity contribution in [3.63, 3.8) is 0 Å². The van der Waals surface area contributed by atoms with E-state index in [-0.39, 0.29) is 11.7 Å². The van der Waals surface area contributed by atoms with Gasteiger partial charge in [0.05, 0.1) is 26.2 Å². The molecule has 1 amide bonds. The number of hydrogen-bond donors (Lipinski definition) is 2. The first-order valence-corrected chi connectivity index (χ1v) is 8.17. The predicted molar refractivity (Wildman–Crippen MR) is 91.8 cm³/mol. The van der Waals surface area contributed by atoms with Crippen LogP contribution in [0.15, 0.2) is 42.6 Å². The summed E-state index contributed by atoms with van der Waals surface area (Å²) in [6.07, 6.45) is 1.79. The van der Waals surface area contributed by atoms with Gasteiger partial charge < -0.3 is 15.1 Å². The lowest BCUT2D eigenvalue weighted by molar-refractivity contribution is -0.892. The van der Waals surface area contributed by atoms with Gasteiger partial charge in [-0.25, -0.2) is 9.37 Å². The van der Waals surface area contributed by atoms with Crippen molar-refractivity contribution in [1.29, 1.82) is 0 Å². The van der Waals surface area contributed by atoms with Gasteiger partial charge in [-0.1, -0.05) is 12.1 Å². The second kappa shape index (κ2) is 7.40. The standard InChI is InChI=1S/C18H21FN4O/c1-14-5-6-15(12-16(14)19)21-18(24)13-22-8-10-23(11-9-22)17-4-2-3-7-20-17/h2-7,12H,8-11,13H2,1H3,(H,21,24)/p+1. The van der Waals surface area contributed by atoms with E-state index in [2.05, 4.69) is 15.2 Å². The first-order chi connectivity index (χ1) is 11.6. The van der Waals surface area contributed by atoms with Crippen molar-refractivity contribution >= 4 is 17.4 Å². The maximum atomic E-state index is 13.5. The zero-order valence-corrected chi connectivity index (χ0v) is 13.8. The minimum atomic E-state index is -0.302. The fourth-order valence-corrected chi connectivity index (χ4v) is 2.87. The van der Waals surface area contributed by atoms with E-state index in [1.165, 1.54) is 11.0 Å². The number of amides is 1. The molecular formula is C18H22FN4O+. The van der Waals surface area contributed by atoms with Crippen LogP contribution >= 0.6 is 0 Å². The van der Waals surface area contributed by atoms with Gasteiger partial charge >= 0.3 is 0 Å². The Balaban J connectivity index is 1.49. The molecule has 0 aliphatic carbocycles. The number of hydrogen-bond acceptors (Lipinski definition) is 3. The lowest BCUT2D eigenvalue weighted by Crippen LogP contribution is -3.15. The third kappa shape index (κ3) is 4.08. The van der Waals surface area contributed by atoms with Crippen LogP contribution in [-0.4, -0.2) is 43.6 Å². The molecule has 2 aromatic rings. The molecule has 5 nitrogen and oxygen atoms in total.